The van der Waals surface area contributed by atoms with Crippen LogP contribution in [0.5, 0.6) is 0 Å². The number of hydrogen-bond acceptors (Lipinski definition) is 4. The molecule has 0 amide bonds. The molecule has 84 valence electrons. The van der Waals surface area contributed by atoms with Gasteiger partial charge in [0.25, 0.3) is 0 Å². The summed E-state index contributed by atoms with van der Waals surface area (Å²) < 4.78 is 0. The van der Waals surface area contributed by atoms with E-state index in [1.165, 1.54) is 19.2 Å². The van der Waals surface area contributed by atoms with Crippen molar-refractivity contribution in [2.24, 2.45) is 5.92 Å². The molecule has 1 heterocycles. The number of halogens is 1. The fourth-order valence-corrected chi connectivity index (χ4v) is 1.69. The maximum atomic E-state index is 5.86. The highest BCUT2D eigenvalue weighted by molar-refractivity contribution is 6.32. The van der Waals surface area contributed by atoms with Gasteiger partial charge in [0.1, 0.15) is 12.0 Å². The van der Waals surface area contributed by atoms with Crippen LogP contribution in [0, 0.1) is 18.3 Å². The lowest BCUT2D eigenvalue weighted by Crippen LogP contribution is -2.28. The molecule has 0 bridgehead atoms. The lowest BCUT2D eigenvalue weighted by molar-refractivity contribution is 0.754. The van der Waals surface area contributed by atoms with Crippen LogP contribution in [0.25, 0.3) is 0 Å². The van der Waals surface area contributed by atoms with Crippen LogP contribution in [0.2, 0.25) is 5.15 Å². The van der Waals surface area contributed by atoms with Gasteiger partial charge >= 0.3 is 0 Å². The smallest absolute Gasteiger partial charge is 0.157 e. The van der Waals surface area contributed by atoms with Gasteiger partial charge in [0.15, 0.2) is 11.0 Å². The van der Waals surface area contributed by atoms with E-state index < -0.39 is 0 Å². The average Bonchev–Trinajstić information content (AvgIpc) is 3.06. The minimum absolute atomic E-state index is 0.280. The van der Waals surface area contributed by atoms with Crippen molar-refractivity contribution < 1.29 is 0 Å². The van der Waals surface area contributed by atoms with Gasteiger partial charge in [-0.3, -0.25) is 0 Å². The number of anilines is 2. The van der Waals surface area contributed by atoms with Crippen molar-refractivity contribution in [3.8, 4) is 12.3 Å². The Morgan fingerprint density at radius 2 is 2.31 bits per heavy atom. The first-order valence-corrected chi connectivity index (χ1v) is 5.54. The Bertz CT molecular complexity index is 422. The zero-order valence-corrected chi connectivity index (χ0v) is 9.61. The fourth-order valence-electron chi connectivity index (χ4n) is 1.57. The number of nitrogens with two attached hydrogens (primary N) is 1. The van der Waals surface area contributed by atoms with E-state index in [0.717, 1.165) is 6.54 Å². The molecule has 0 aliphatic heterocycles. The van der Waals surface area contributed by atoms with Gasteiger partial charge in [-0.1, -0.05) is 17.5 Å². The van der Waals surface area contributed by atoms with E-state index in [1.54, 1.807) is 0 Å². The van der Waals surface area contributed by atoms with Crippen LogP contribution in [0.4, 0.5) is 11.5 Å². The monoisotopic (exact) mass is 236 g/mol. The third-order valence-corrected chi connectivity index (χ3v) is 2.87. The summed E-state index contributed by atoms with van der Waals surface area (Å²) in [4.78, 5) is 9.96. The first-order valence-electron chi connectivity index (χ1n) is 5.16. The van der Waals surface area contributed by atoms with Gasteiger partial charge in [-0.05, 0) is 18.8 Å². The molecule has 5 heteroatoms. The van der Waals surface area contributed by atoms with E-state index in [0.29, 0.717) is 24.0 Å². The first-order chi connectivity index (χ1) is 7.72. The maximum absolute atomic E-state index is 5.86. The van der Waals surface area contributed by atoms with E-state index in [2.05, 4.69) is 15.9 Å². The minimum atomic E-state index is 0.280. The van der Waals surface area contributed by atoms with Crippen molar-refractivity contribution in [3.63, 3.8) is 0 Å². The molecular weight excluding hydrogens is 224 g/mol. The highest BCUT2D eigenvalue weighted by Crippen LogP contribution is 2.33. The quantitative estimate of drug-likeness (QED) is 0.637. The van der Waals surface area contributed by atoms with Gasteiger partial charge in [0, 0.05) is 6.54 Å². The Kier molecular flexibility index (Phi) is 3.16. The number of aromatic nitrogens is 2. The Morgan fingerprint density at radius 1 is 1.56 bits per heavy atom. The van der Waals surface area contributed by atoms with Crippen LogP contribution >= 0.6 is 11.6 Å². The summed E-state index contributed by atoms with van der Waals surface area (Å²) >= 11 is 5.86. The molecule has 0 radical (unpaired) electrons. The van der Waals surface area contributed by atoms with E-state index in [4.69, 9.17) is 23.8 Å². The number of nitrogen functional groups attached to an aromatic ring is 1. The van der Waals surface area contributed by atoms with E-state index in [-0.39, 0.29) is 5.15 Å². The third-order valence-electron chi connectivity index (χ3n) is 2.57. The molecule has 1 aliphatic rings. The molecule has 1 saturated carbocycles. The van der Waals surface area contributed by atoms with Crippen molar-refractivity contribution in [3.05, 3.63) is 11.5 Å². The predicted octanol–water partition coefficient (Wildman–Crippen LogP) is 1.56. The summed E-state index contributed by atoms with van der Waals surface area (Å²) in [6.45, 7) is 1.38. The van der Waals surface area contributed by atoms with Crippen molar-refractivity contribution in [1.29, 1.82) is 0 Å². The van der Waals surface area contributed by atoms with Crippen molar-refractivity contribution in [1.82, 2.24) is 9.97 Å². The highest BCUT2D eigenvalue weighted by Gasteiger charge is 2.25. The molecule has 0 unspecified atom stereocenters. The van der Waals surface area contributed by atoms with Gasteiger partial charge in [0.05, 0.1) is 6.54 Å². The zero-order valence-electron chi connectivity index (χ0n) is 8.86. The summed E-state index contributed by atoms with van der Waals surface area (Å²) in [5.41, 5.74) is 6.25. The van der Waals surface area contributed by atoms with Gasteiger partial charge in [-0.25, -0.2) is 9.97 Å². The summed E-state index contributed by atoms with van der Waals surface area (Å²) in [7, 11) is 0. The Labute approximate surface area is 99.8 Å². The SMILES string of the molecule is C#CCN(CC1CC1)c1ncnc(Cl)c1N. The molecule has 2 rings (SSSR count). The molecule has 0 spiro atoms. The molecule has 16 heavy (non-hydrogen) atoms. The molecular formula is C11H13ClN4. The summed E-state index contributed by atoms with van der Waals surface area (Å²) in [5.74, 6) is 3.97. The predicted molar refractivity (Wildman–Crippen MR) is 65.2 cm³/mol. The highest BCUT2D eigenvalue weighted by atomic mass is 35.5. The number of hydrogen-bond donors (Lipinski definition) is 1. The van der Waals surface area contributed by atoms with Gasteiger partial charge in [0.2, 0.25) is 0 Å². The van der Waals surface area contributed by atoms with Gasteiger partial charge in [-0.2, -0.15) is 0 Å². The van der Waals surface area contributed by atoms with E-state index in [9.17, 15) is 0 Å². The van der Waals surface area contributed by atoms with E-state index >= 15 is 0 Å². The third kappa shape index (κ3) is 2.37. The Balaban J connectivity index is 2.23. The molecule has 1 aliphatic carbocycles. The molecule has 2 N–H and O–H groups in total. The van der Waals surface area contributed by atoms with Crippen LogP contribution in [0.1, 0.15) is 12.8 Å². The first kappa shape index (κ1) is 11.0. The average molecular weight is 237 g/mol. The molecule has 4 nitrogen and oxygen atoms in total. The lowest BCUT2D eigenvalue weighted by Gasteiger charge is -2.22. The Morgan fingerprint density at radius 3 is 2.94 bits per heavy atom. The normalized spacial score (nSPS) is 14.5. The number of terminal acetylenes is 1. The Hall–Kier alpha value is -1.47. The number of rotatable bonds is 4. The van der Waals surface area contributed by atoms with Crippen LogP contribution in [-0.4, -0.2) is 23.1 Å². The van der Waals surface area contributed by atoms with Crippen LogP contribution in [0.3, 0.4) is 0 Å². The second kappa shape index (κ2) is 4.58. The molecule has 1 aromatic heterocycles. The minimum Gasteiger partial charge on any atom is -0.393 e. The second-order valence-corrected chi connectivity index (χ2v) is 4.29. The lowest BCUT2D eigenvalue weighted by atomic mass is 10.3. The zero-order chi connectivity index (χ0) is 11.5. The molecule has 1 fully saturated rings. The van der Waals surface area contributed by atoms with Crippen LogP contribution in [-0.2, 0) is 0 Å². The van der Waals surface area contributed by atoms with Crippen molar-refractivity contribution in [2.75, 3.05) is 23.7 Å². The van der Waals surface area contributed by atoms with Crippen LogP contribution in [0.15, 0.2) is 6.33 Å². The van der Waals surface area contributed by atoms with Crippen LogP contribution < -0.4 is 10.6 Å². The number of nitrogens with zero attached hydrogens (tertiary/aromatic N) is 3. The fraction of sp³-hybridized carbons (Fsp3) is 0.455. The standard InChI is InChI=1S/C11H13ClN4/c1-2-5-16(6-8-3-4-8)11-9(13)10(12)14-7-15-11/h1,7-8H,3-6,13H2. The molecule has 1 aromatic rings. The maximum Gasteiger partial charge on any atom is 0.157 e. The summed E-state index contributed by atoms with van der Waals surface area (Å²) in [6, 6.07) is 0. The molecule has 0 aromatic carbocycles. The topological polar surface area (TPSA) is 55.0 Å². The van der Waals surface area contributed by atoms with Crippen molar-refractivity contribution >= 4 is 23.1 Å². The van der Waals surface area contributed by atoms with Crippen molar-refractivity contribution in [2.45, 2.75) is 12.8 Å². The molecule has 0 atom stereocenters. The molecule has 0 saturated heterocycles. The largest absolute Gasteiger partial charge is 0.393 e. The second-order valence-electron chi connectivity index (χ2n) is 3.93. The van der Waals surface area contributed by atoms with Gasteiger partial charge in [-0.15, -0.1) is 6.42 Å². The summed E-state index contributed by atoms with van der Waals surface area (Å²) in [6.07, 6.45) is 9.25. The summed E-state index contributed by atoms with van der Waals surface area (Å²) in [5, 5.41) is 0.280. The van der Waals surface area contributed by atoms with E-state index in [1.807, 2.05) is 4.90 Å². The van der Waals surface area contributed by atoms with Gasteiger partial charge < -0.3 is 10.6 Å².